The lowest BCUT2D eigenvalue weighted by Crippen LogP contribution is -2.13. The molecule has 1 aromatic rings. The van der Waals surface area contributed by atoms with E-state index in [2.05, 4.69) is 0 Å². The summed E-state index contributed by atoms with van der Waals surface area (Å²) in [7, 11) is 1.55. The van der Waals surface area contributed by atoms with Gasteiger partial charge in [-0.3, -0.25) is 0 Å². The van der Waals surface area contributed by atoms with Crippen LogP contribution < -0.4 is 4.74 Å². The van der Waals surface area contributed by atoms with E-state index in [0.29, 0.717) is 5.75 Å². The molecule has 0 bridgehead atoms. The van der Waals surface area contributed by atoms with Crippen LogP contribution >= 0.6 is 0 Å². The van der Waals surface area contributed by atoms with E-state index in [1.165, 1.54) is 0 Å². The summed E-state index contributed by atoms with van der Waals surface area (Å²) in [4.78, 5) is 0. The number of phenols is 1. The van der Waals surface area contributed by atoms with Crippen molar-refractivity contribution in [3.8, 4) is 11.5 Å². The van der Waals surface area contributed by atoms with Gasteiger partial charge >= 0.3 is 0 Å². The second-order valence-corrected chi connectivity index (χ2v) is 2.39. The van der Waals surface area contributed by atoms with Crippen molar-refractivity contribution in [2.75, 3.05) is 7.11 Å². The first-order chi connectivity index (χ1) is 5.74. The fraction of sp³-hybridized carbons (Fsp3) is 0.333. The van der Waals surface area contributed by atoms with E-state index in [1.807, 2.05) is 0 Å². The van der Waals surface area contributed by atoms with E-state index in [-0.39, 0.29) is 12.0 Å². The average Bonchev–Trinajstić information content (AvgIpc) is 2.09. The minimum absolute atomic E-state index is 0.126. The number of hydrogen-bond donors (Lipinski definition) is 1. The number of aromatic hydroxyl groups is 1. The summed E-state index contributed by atoms with van der Waals surface area (Å²) < 4.78 is 10.1. The number of para-hydroxylation sites is 2. The van der Waals surface area contributed by atoms with Crippen molar-refractivity contribution >= 4 is 0 Å². The Morgan fingerprint density at radius 1 is 1.33 bits per heavy atom. The molecule has 0 heterocycles. The van der Waals surface area contributed by atoms with Gasteiger partial charge in [-0.15, -0.1) is 0 Å². The van der Waals surface area contributed by atoms with Gasteiger partial charge < -0.3 is 14.6 Å². The van der Waals surface area contributed by atoms with Gasteiger partial charge in [0.25, 0.3) is 0 Å². The van der Waals surface area contributed by atoms with Crippen molar-refractivity contribution in [1.29, 1.82) is 0 Å². The third-order valence-corrected chi connectivity index (χ3v) is 1.49. The van der Waals surface area contributed by atoms with Crippen LogP contribution in [0.3, 0.4) is 0 Å². The highest BCUT2D eigenvalue weighted by atomic mass is 16.7. The zero-order chi connectivity index (χ0) is 8.97. The van der Waals surface area contributed by atoms with Crippen LogP contribution in [0.2, 0.25) is 0 Å². The Labute approximate surface area is 71.5 Å². The van der Waals surface area contributed by atoms with Crippen molar-refractivity contribution in [3.05, 3.63) is 24.3 Å². The molecule has 3 heteroatoms. The molecule has 0 unspecified atom stereocenters. The first kappa shape index (κ1) is 8.87. The monoisotopic (exact) mass is 168 g/mol. The van der Waals surface area contributed by atoms with E-state index >= 15 is 0 Å². The molecule has 0 aromatic heterocycles. The Morgan fingerprint density at radius 2 is 2.00 bits per heavy atom. The molecule has 1 atom stereocenters. The second kappa shape index (κ2) is 3.97. The predicted octanol–water partition coefficient (Wildman–Crippen LogP) is 1.76. The first-order valence-electron chi connectivity index (χ1n) is 3.71. The van der Waals surface area contributed by atoms with Crippen molar-refractivity contribution < 1.29 is 14.6 Å². The Morgan fingerprint density at radius 3 is 2.58 bits per heavy atom. The van der Waals surface area contributed by atoms with Gasteiger partial charge in [-0.05, 0) is 19.1 Å². The normalized spacial score (nSPS) is 12.5. The quantitative estimate of drug-likeness (QED) is 0.699. The molecule has 0 aliphatic rings. The molecule has 1 N–H and O–H groups in total. The largest absolute Gasteiger partial charge is 0.504 e. The van der Waals surface area contributed by atoms with Gasteiger partial charge in [0.1, 0.15) is 0 Å². The Balaban J connectivity index is 2.69. The number of rotatable bonds is 3. The van der Waals surface area contributed by atoms with Gasteiger partial charge in [0.2, 0.25) is 0 Å². The third-order valence-electron chi connectivity index (χ3n) is 1.49. The predicted molar refractivity (Wildman–Crippen MR) is 45.2 cm³/mol. The summed E-state index contributed by atoms with van der Waals surface area (Å²) in [5.74, 6) is 0.563. The fourth-order valence-corrected chi connectivity index (χ4v) is 0.784. The lowest BCUT2D eigenvalue weighted by atomic mass is 10.3. The van der Waals surface area contributed by atoms with Gasteiger partial charge in [-0.25, -0.2) is 0 Å². The topological polar surface area (TPSA) is 38.7 Å². The smallest absolute Gasteiger partial charge is 0.196 e. The first-order valence-corrected chi connectivity index (χ1v) is 3.71. The maximum Gasteiger partial charge on any atom is 0.196 e. The van der Waals surface area contributed by atoms with Crippen molar-refractivity contribution in [2.24, 2.45) is 0 Å². The van der Waals surface area contributed by atoms with Crippen LogP contribution in [-0.4, -0.2) is 18.5 Å². The van der Waals surface area contributed by atoms with Crippen LogP contribution in [-0.2, 0) is 4.74 Å². The Bertz CT molecular complexity index is 247. The lowest BCUT2D eigenvalue weighted by molar-refractivity contribution is -0.0395. The standard InChI is InChI=1S/C9H12O3/c1-7(11-2)12-9-6-4-3-5-8(9)10/h3-7,10H,1-2H3/t7-/m1/s1. The molecule has 0 saturated heterocycles. The summed E-state index contributed by atoms with van der Waals surface area (Å²) in [6.45, 7) is 1.76. The third kappa shape index (κ3) is 2.13. The summed E-state index contributed by atoms with van der Waals surface area (Å²) in [6.07, 6.45) is -0.349. The molecular weight excluding hydrogens is 156 g/mol. The molecule has 12 heavy (non-hydrogen) atoms. The summed E-state index contributed by atoms with van der Waals surface area (Å²) in [5, 5.41) is 9.27. The molecule has 0 spiro atoms. The zero-order valence-electron chi connectivity index (χ0n) is 7.15. The maximum atomic E-state index is 9.27. The van der Waals surface area contributed by atoms with Crippen LogP contribution in [0.4, 0.5) is 0 Å². The highest BCUT2D eigenvalue weighted by molar-refractivity contribution is 5.37. The molecular formula is C9H12O3. The number of hydrogen-bond acceptors (Lipinski definition) is 3. The minimum atomic E-state index is -0.349. The molecule has 0 aliphatic heterocycles. The molecule has 0 aliphatic carbocycles. The van der Waals surface area contributed by atoms with Crippen LogP contribution in [0, 0.1) is 0 Å². The minimum Gasteiger partial charge on any atom is -0.504 e. The average molecular weight is 168 g/mol. The van der Waals surface area contributed by atoms with Gasteiger partial charge in [0.05, 0.1) is 0 Å². The van der Waals surface area contributed by atoms with E-state index in [1.54, 1.807) is 38.3 Å². The van der Waals surface area contributed by atoms with Gasteiger partial charge in [0.15, 0.2) is 17.8 Å². The highest BCUT2D eigenvalue weighted by Gasteiger charge is 2.04. The molecule has 66 valence electrons. The van der Waals surface area contributed by atoms with Crippen LogP contribution in [0.5, 0.6) is 11.5 Å². The Hall–Kier alpha value is -1.22. The molecule has 0 amide bonds. The van der Waals surface area contributed by atoms with E-state index < -0.39 is 0 Å². The molecule has 3 nitrogen and oxygen atoms in total. The number of ether oxygens (including phenoxy) is 2. The maximum absolute atomic E-state index is 9.27. The van der Waals surface area contributed by atoms with Crippen LogP contribution in [0.1, 0.15) is 6.92 Å². The van der Waals surface area contributed by atoms with Gasteiger partial charge in [-0.2, -0.15) is 0 Å². The van der Waals surface area contributed by atoms with E-state index in [0.717, 1.165) is 0 Å². The summed E-state index contributed by atoms with van der Waals surface area (Å²) in [5.41, 5.74) is 0. The van der Waals surface area contributed by atoms with Crippen LogP contribution in [0.15, 0.2) is 24.3 Å². The molecule has 1 aromatic carbocycles. The van der Waals surface area contributed by atoms with Crippen molar-refractivity contribution in [2.45, 2.75) is 13.2 Å². The number of benzene rings is 1. The number of methoxy groups -OCH3 is 1. The Kier molecular flexibility index (Phi) is 2.94. The van der Waals surface area contributed by atoms with Gasteiger partial charge in [0, 0.05) is 7.11 Å². The van der Waals surface area contributed by atoms with Crippen molar-refractivity contribution in [3.63, 3.8) is 0 Å². The fourth-order valence-electron chi connectivity index (χ4n) is 0.784. The summed E-state index contributed by atoms with van der Waals surface area (Å²) in [6, 6.07) is 6.78. The molecule has 0 fully saturated rings. The lowest BCUT2D eigenvalue weighted by Gasteiger charge is -2.12. The van der Waals surface area contributed by atoms with Crippen LogP contribution in [0.25, 0.3) is 0 Å². The molecule has 0 radical (unpaired) electrons. The van der Waals surface area contributed by atoms with E-state index in [4.69, 9.17) is 9.47 Å². The molecule has 1 rings (SSSR count). The van der Waals surface area contributed by atoms with Gasteiger partial charge in [-0.1, -0.05) is 12.1 Å². The van der Waals surface area contributed by atoms with Crippen molar-refractivity contribution in [1.82, 2.24) is 0 Å². The second-order valence-electron chi connectivity index (χ2n) is 2.39. The SMILES string of the molecule is CO[C@@H](C)Oc1ccccc1O. The number of phenolic OH excluding ortho intramolecular Hbond substituents is 1. The molecule has 0 saturated carbocycles. The summed E-state index contributed by atoms with van der Waals surface area (Å²) >= 11 is 0. The highest BCUT2D eigenvalue weighted by Crippen LogP contribution is 2.25. The van der Waals surface area contributed by atoms with E-state index in [9.17, 15) is 5.11 Å². The zero-order valence-corrected chi connectivity index (χ0v) is 7.15.